The van der Waals surface area contributed by atoms with Crippen molar-refractivity contribution in [2.24, 2.45) is 0 Å². The van der Waals surface area contributed by atoms with Crippen LogP contribution in [-0.2, 0) is 21.2 Å². The highest BCUT2D eigenvalue weighted by molar-refractivity contribution is 7.89. The molecule has 28 heavy (non-hydrogen) atoms. The molecule has 0 radical (unpaired) electrons. The summed E-state index contributed by atoms with van der Waals surface area (Å²) in [4.78, 5) is 11.1. The number of anilines is 1. The second-order valence-corrected chi connectivity index (χ2v) is 8.22. The van der Waals surface area contributed by atoms with Crippen LogP contribution in [-0.4, -0.2) is 57.8 Å². The van der Waals surface area contributed by atoms with Crippen LogP contribution in [0.5, 0.6) is 5.88 Å². The van der Waals surface area contributed by atoms with Crippen molar-refractivity contribution in [3.05, 3.63) is 41.7 Å². The topological polar surface area (TPSA) is 93.7 Å². The van der Waals surface area contributed by atoms with Crippen LogP contribution >= 0.6 is 0 Å². The lowest BCUT2D eigenvalue weighted by Gasteiger charge is -2.28. The zero-order chi connectivity index (χ0) is 20.0. The summed E-state index contributed by atoms with van der Waals surface area (Å²) in [6, 6.07) is 8.65. The Hall–Kier alpha value is -2.23. The number of rotatable bonds is 8. The summed E-state index contributed by atoms with van der Waals surface area (Å²) >= 11 is 0. The molecule has 1 aromatic heterocycles. The van der Waals surface area contributed by atoms with Gasteiger partial charge in [0.2, 0.25) is 15.9 Å². The summed E-state index contributed by atoms with van der Waals surface area (Å²) in [6.45, 7) is 7.02. The Morgan fingerprint density at radius 3 is 2.57 bits per heavy atom. The summed E-state index contributed by atoms with van der Waals surface area (Å²) in [5.74, 6) is 1.83. The molecule has 0 unspecified atom stereocenters. The highest BCUT2D eigenvalue weighted by Gasteiger charge is 2.15. The monoisotopic (exact) mass is 406 g/mol. The molecule has 2 aromatic rings. The Morgan fingerprint density at radius 1 is 1.18 bits per heavy atom. The van der Waals surface area contributed by atoms with Crippen LogP contribution < -0.4 is 14.4 Å². The molecule has 1 saturated heterocycles. The van der Waals surface area contributed by atoms with Crippen molar-refractivity contribution in [2.75, 3.05) is 44.4 Å². The SMILES string of the molecule is CCc1ccc(S(=O)(=O)NCCOc2cc(N3CCOCC3)nc(C)n2)cc1. The number of morpholine rings is 1. The molecular formula is C19H26N4O4S. The first-order chi connectivity index (χ1) is 13.5. The summed E-state index contributed by atoms with van der Waals surface area (Å²) in [5, 5.41) is 0. The van der Waals surface area contributed by atoms with Gasteiger partial charge in [0, 0.05) is 25.7 Å². The molecule has 0 atom stereocenters. The van der Waals surface area contributed by atoms with Crippen LogP contribution in [0.25, 0.3) is 0 Å². The molecule has 1 fully saturated rings. The maximum Gasteiger partial charge on any atom is 0.240 e. The molecule has 152 valence electrons. The Balaban J connectivity index is 1.55. The summed E-state index contributed by atoms with van der Waals surface area (Å²) in [7, 11) is -3.56. The molecule has 1 aliphatic heterocycles. The average Bonchev–Trinajstić information content (AvgIpc) is 2.71. The minimum Gasteiger partial charge on any atom is -0.476 e. The number of hydrogen-bond acceptors (Lipinski definition) is 7. The van der Waals surface area contributed by atoms with Crippen molar-refractivity contribution in [1.82, 2.24) is 14.7 Å². The minimum absolute atomic E-state index is 0.147. The van der Waals surface area contributed by atoms with E-state index in [9.17, 15) is 8.42 Å². The van der Waals surface area contributed by atoms with Gasteiger partial charge in [0.05, 0.1) is 18.1 Å². The maximum absolute atomic E-state index is 12.3. The summed E-state index contributed by atoms with van der Waals surface area (Å²) in [5.41, 5.74) is 1.09. The third kappa shape index (κ3) is 5.40. The largest absolute Gasteiger partial charge is 0.476 e. The molecule has 1 aromatic carbocycles. The maximum atomic E-state index is 12.3. The number of ether oxygens (including phenoxy) is 2. The number of nitrogens with zero attached hydrogens (tertiary/aromatic N) is 3. The number of nitrogens with one attached hydrogen (secondary N) is 1. The van der Waals surface area contributed by atoms with Gasteiger partial charge < -0.3 is 14.4 Å². The number of hydrogen-bond donors (Lipinski definition) is 1. The number of benzene rings is 1. The third-order valence-electron chi connectivity index (χ3n) is 4.42. The van der Waals surface area contributed by atoms with Gasteiger partial charge in [-0.25, -0.2) is 18.1 Å². The zero-order valence-corrected chi connectivity index (χ0v) is 17.0. The predicted octanol–water partition coefficient (Wildman–Crippen LogP) is 1.54. The molecule has 0 saturated carbocycles. The van der Waals surface area contributed by atoms with E-state index in [-0.39, 0.29) is 18.0 Å². The fourth-order valence-electron chi connectivity index (χ4n) is 2.87. The molecule has 0 aliphatic carbocycles. The van der Waals surface area contributed by atoms with Crippen molar-refractivity contribution in [3.63, 3.8) is 0 Å². The molecule has 3 rings (SSSR count). The molecule has 0 spiro atoms. The minimum atomic E-state index is -3.56. The second-order valence-electron chi connectivity index (χ2n) is 6.45. The second kappa shape index (κ2) is 9.31. The van der Waals surface area contributed by atoms with Crippen LogP contribution in [0.15, 0.2) is 35.2 Å². The fourth-order valence-corrected chi connectivity index (χ4v) is 3.89. The lowest BCUT2D eigenvalue weighted by molar-refractivity contribution is 0.122. The number of sulfonamides is 1. The molecule has 0 bridgehead atoms. The normalized spacial score (nSPS) is 14.9. The van der Waals surface area contributed by atoms with Gasteiger partial charge in [-0.2, -0.15) is 4.98 Å². The van der Waals surface area contributed by atoms with Crippen molar-refractivity contribution in [3.8, 4) is 5.88 Å². The van der Waals surface area contributed by atoms with Crippen LogP contribution in [0.4, 0.5) is 5.82 Å². The molecule has 1 N–H and O–H groups in total. The molecule has 0 amide bonds. The Labute approximate surface area is 166 Å². The van der Waals surface area contributed by atoms with E-state index >= 15 is 0 Å². The highest BCUT2D eigenvalue weighted by Crippen LogP contribution is 2.18. The highest BCUT2D eigenvalue weighted by atomic mass is 32.2. The molecule has 9 heteroatoms. The quantitative estimate of drug-likeness (QED) is 0.665. The number of aromatic nitrogens is 2. The molecule has 2 heterocycles. The average molecular weight is 407 g/mol. The fraction of sp³-hybridized carbons (Fsp3) is 0.474. The van der Waals surface area contributed by atoms with Gasteiger partial charge in [-0.05, 0) is 31.0 Å². The van der Waals surface area contributed by atoms with Gasteiger partial charge in [0.1, 0.15) is 18.2 Å². The van der Waals surface area contributed by atoms with Crippen molar-refractivity contribution in [2.45, 2.75) is 25.2 Å². The molecule has 1 aliphatic rings. The standard InChI is InChI=1S/C19H26N4O4S/c1-3-16-4-6-17(7-5-16)28(24,25)20-8-11-27-19-14-18(21-15(2)22-19)23-9-12-26-13-10-23/h4-7,14,20H,3,8-13H2,1-2H3. The van der Waals surface area contributed by atoms with Crippen LogP contribution in [0.3, 0.4) is 0 Å². The predicted molar refractivity (Wildman–Crippen MR) is 106 cm³/mol. The van der Waals surface area contributed by atoms with Gasteiger partial charge in [-0.15, -0.1) is 0 Å². The first-order valence-electron chi connectivity index (χ1n) is 9.38. The molecular weight excluding hydrogens is 380 g/mol. The first-order valence-corrected chi connectivity index (χ1v) is 10.9. The van der Waals surface area contributed by atoms with Gasteiger partial charge in [0.25, 0.3) is 0 Å². The summed E-state index contributed by atoms with van der Waals surface area (Å²) in [6.07, 6.45) is 0.867. The van der Waals surface area contributed by atoms with E-state index in [2.05, 4.69) is 19.6 Å². The van der Waals surface area contributed by atoms with Crippen molar-refractivity contribution >= 4 is 15.8 Å². The van der Waals surface area contributed by atoms with E-state index in [4.69, 9.17) is 9.47 Å². The van der Waals surface area contributed by atoms with Gasteiger partial charge in [-0.3, -0.25) is 0 Å². The third-order valence-corrected chi connectivity index (χ3v) is 5.90. The Kier molecular flexibility index (Phi) is 6.82. The van der Waals surface area contributed by atoms with E-state index in [0.717, 1.165) is 30.9 Å². The Morgan fingerprint density at radius 2 is 1.89 bits per heavy atom. The van der Waals surface area contributed by atoms with Crippen LogP contribution in [0.1, 0.15) is 18.3 Å². The van der Waals surface area contributed by atoms with Crippen LogP contribution in [0.2, 0.25) is 0 Å². The Bertz CT molecular complexity index is 881. The van der Waals surface area contributed by atoms with E-state index in [1.165, 1.54) is 0 Å². The van der Waals surface area contributed by atoms with Crippen molar-refractivity contribution in [1.29, 1.82) is 0 Å². The molecule has 8 nitrogen and oxygen atoms in total. The van der Waals surface area contributed by atoms with E-state index < -0.39 is 10.0 Å². The summed E-state index contributed by atoms with van der Waals surface area (Å²) < 4.78 is 38.3. The van der Waals surface area contributed by atoms with E-state index in [1.54, 1.807) is 25.1 Å². The van der Waals surface area contributed by atoms with Crippen LogP contribution in [0, 0.1) is 6.92 Å². The first kappa shape index (κ1) is 20.5. The smallest absolute Gasteiger partial charge is 0.240 e. The van der Waals surface area contributed by atoms with E-state index in [1.807, 2.05) is 19.1 Å². The van der Waals surface area contributed by atoms with Gasteiger partial charge >= 0.3 is 0 Å². The lowest BCUT2D eigenvalue weighted by atomic mass is 10.2. The van der Waals surface area contributed by atoms with Crippen molar-refractivity contribution < 1.29 is 17.9 Å². The van der Waals surface area contributed by atoms with E-state index in [0.29, 0.717) is 24.9 Å². The lowest BCUT2D eigenvalue weighted by Crippen LogP contribution is -2.37. The van der Waals surface area contributed by atoms with Gasteiger partial charge in [-0.1, -0.05) is 19.1 Å². The zero-order valence-electron chi connectivity index (χ0n) is 16.2. The van der Waals surface area contributed by atoms with Gasteiger partial charge in [0.15, 0.2) is 0 Å². The number of aryl methyl sites for hydroxylation is 2.